The number of aromatic carboxylic acids is 1. The quantitative estimate of drug-likeness (QED) is 0.547. The minimum Gasteiger partial charge on any atom is -0.478 e. The zero-order valence-electron chi connectivity index (χ0n) is 8.81. The molecule has 0 spiro atoms. The van der Waals surface area contributed by atoms with Crippen LogP contribution in [0.1, 0.15) is 16.1 Å². The molecule has 0 aliphatic rings. The summed E-state index contributed by atoms with van der Waals surface area (Å²) in [7, 11) is 0. The number of rotatable bonds is 8. The van der Waals surface area contributed by atoms with Gasteiger partial charge in [0.25, 0.3) is 0 Å². The van der Waals surface area contributed by atoms with E-state index in [1.807, 2.05) is 0 Å². The molecule has 0 aromatic carbocycles. The van der Waals surface area contributed by atoms with Crippen molar-refractivity contribution in [2.45, 2.75) is 6.54 Å². The summed E-state index contributed by atoms with van der Waals surface area (Å²) in [6.07, 6.45) is 1.35. The SMILES string of the molecule is O=C(O)c1ccoc1CNCCOCCO. The first kappa shape index (κ1) is 12.7. The Labute approximate surface area is 92.8 Å². The molecule has 0 saturated carbocycles. The molecule has 6 heteroatoms. The lowest BCUT2D eigenvalue weighted by Gasteiger charge is -2.04. The Kier molecular flexibility index (Phi) is 5.55. The van der Waals surface area contributed by atoms with Crippen molar-refractivity contribution in [3.8, 4) is 0 Å². The summed E-state index contributed by atoms with van der Waals surface area (Å²) < 4.78 is 10.0. The molecule has 1 heterocycles. The monoisotopic (exact) mass is 229 g/mol. The average Bonchev–Trinajstić information content (AvgIpc) is 2.71. The number of hydrogen-bond donors (Lipinski definition) is 3. The lowest BCUT2D eigenvalue weighted by molar-refractivity contribution is 0.0694. The van der Waals surface area contributed by atoms with Crippen molar-refractivity contribution < 1.29 is 24.2 Å². The molecule has 6 nitrogen and oxygen atoms in total. The number of carboxylic acids is 1. The van der Waals surface area contributed by atoms with Crippen molar-refractivity contribution in [3.05, 3.63) is 23.7 Å². The third-order valence-electron chi connectivity index (χ3n) is 1.92. The van der Waals surface area contributed by atoms with E-state index in [9.17, 15) is 4.79 Å². The Morgan fingerprint density at radius 3 is 3.00 bits per heavy atom. The third-order valence-corrected chi connectivity index (χ3v) is 1.92. The number of ether oxygens (including phenoxy) is 1. The summed E-state index contributed by atoms with van der Waals surface area (Å²) in [4.78, 5) is 10.7. The van der Waals surface area contributed by atoms with E-state index in [4.69, 9.17) is 19.4 Å². The van der Waals surface area contributed by atoms with Gasteiger partial charge in [-0.2, -0.15) is 0 Å². The van der Waals surface area contributed by atoms with Crippen LogP contribution in [0.5, 0.6) is 0 Å². The van der Waals surface area contributed by atoms with Gasteiger partial charge in [-0.1, -0.05) is 0 Å². The van der Waals surface area contributed by atoms with E-state index in [2.05, 4.69) is 5.32 Å². The standard InChI is InChI=1S/C10H15NO5/c12-3-6-15-5-2-11-7-9-8(10(13)14)1-4-16-9/h1,4,11-12H,2-3,5-7H2,(H,13,14). The molecule has 90 valence electrons. The molecule has 1 aromatic rings. The fourth-order valence-electron chi connectivity index (χ4n) is 1.18. The van der Waals surface area contributed by atoms with Crippen LogP contribution in [0.25, 0.3) is 0 Å². The third kappa shape index (κ3) is 4.01. The van der Waals surface area contributed by atoms with Gasteiger partial charge in [0, 0.05) is 6.54 Å². The molecule has 0 atom stereocenters. The van der Waals surface area contributed by atoms with Gasteiger partial charge in [0.15, 0.2) is 0 Å². The second-order valence-electron chi connectivity index (χ2n) is 3.08. The summed E-state index contributed by atoms with van der Waals surface area (Å²) >= 11 is 0. The van der Waals surface area contributed by atoms with Crippen molar-refractivity contribution in [2.24, 2.45) is 0 Å². The van der Waals surface area contributed by atoms with Crippen LogP contribution in [-0.2, 0) is 11.3 Å². The highest BCUT2D eigenvalue weighted by Gasteiger charge is 2.12. The highest BCUT2D eigenvalue weighted by molar-refractivity contribution is 5.88. The summed E-state index contributed by atoms with van der Waals surface area (Å²) in [5.41, 5.74) is 0.170. The maximum Gasteiger partial charge on any atom is 0.339 e. The lowest BCUT2D eigenvalue weighted by Crippen LogP contribution is -2.20. The maximum atomic E-state index is 10.7. The van der Waals surface area contributed by atoms with Crippen molar-refractivity contribution in [1.82, 2.24) is 5.32 Å². The molecular formula is C10H15NO5. The van der Waals surface area contributed by atoms with Crippen molar-refractivity contribution in [1.29, 1.82) is 0 Å². The molecule has 16 heavy (non-hydrogen) atoms. The number of hydrogen-bond acceptors (Lipinski definition) is 5. The Balaban J connectivity index is 2.21. The maximum absolute atomic E-state index is 10.7. The van der Waals surface area contributed by atoms with Crippen molar-refractivity contribution in [2.75, 3.05) is 26.4 Å². The van der Waals surface area contributed by atoms with Crippen LogP contribution in [0, 0.1) is 0 Å². The Morgan fingerprint density at radius 2 is 2.31 bits per heavy atom. The second-order valence-corrected chi connectivity index (χ2v) is 3.08. The molecule has 0 bridgehead atoms. The zero-order chi connectivity index (χ0) is 11.8. The fraction of sp³-hybridized carbons (Fsp3) is 0.500. The van der Waals surface area contributed by atoms with E-state index in [-0.39, 0.29) is 12.2 Å². The molecule has 0 unspecified atom stereocenters. The highest BCUT2D eigenvalue weighted by atomic mass is 16.5. The van der Waals surface area contributed by atoms with Crippen LogP contribution in [-0.4, -0.2) is 42.5 Å². The van der Waals surface area contributed by atoms with Gasteiger partial charge in [-0.15, -0.1) is 0 Å². The first-order valence-corrected chi connectivity index (χ1v) is 4.94. The molecule has 0 aliphatic heterocycles. The van der Waals surface area contributed by atoms with Gasteiger partial charge in [0.2, 0.25) is 0 Å². The molecule has 0 radical (unpaired) electrons. The van der Waals surface area contributed by atoms with Crippen molar-refractivity contribution in [3.63, 3.8) is 0 Å². The number of aliphatic hydroxyl groups is 1. The van der Waals surface area contributed by atoms with E-state index < -0.39 is 5.97 Å². The zero-order valence-corrected chi connectivity index (χ0v) is 8.81. The van der Waals surface area contributed by atoms with Crippen LogP contribution >= 0.6 is 0 Å². The van der Waals surface area contributed by atoms with Gasteiger partial charge < -0.3 is 24.7 Å². The lowest BCUT2D eigenvalue weighted by atomic mass is 10.2. The first-order valence-electron chi connectivity index (χ1n) is 4.94. The molecular weight excluding hydrogens is 214 g/mol. The average molecular weight is 229 g/mol. The van der Waals surface area contributed by atoms with Crippen LogP contribution in [0.4, 0.5) is 0 Å². The summed E-state index contributed by atoms with van der Waals surface area (Å²) in [5.74, 6) is -0.600. The number of aliphatic hydroxyl groups excluding tert-OH is 1. The van der Waals surface area contributed by atoms with E-state index >= 15 is 0 Å². The van der Waals surface area contributed by atoms with Gasteiger partial charge in [0.05, 0.1) is 32.6 Å². The number of furan rings is 1. The molecule has 0 aliphatic carbocycles. The van der Waals surface area contributed by atoms with Crippen LogP contribution in [0.15, 0.2) is 16.7 Å². The number of nitrogens with one attached hydrogen (secondary N) is 1. The Hall–Kier alpha value is -1.37. The normalized spacial score (nSPS) is 10.6. The van der Waals surface area contributed by atoms with Crippen LogP contribution in [0.2, 0.25) is 0 Å². The second kappa shape index (κ2) is 7.00. The largest absolute Gasteiger partial charge is 0.478 e. The van der Waals surface area contributed by atoms with Gasteiger partial charge in [0.1, 0.15) is 11.3 Å². The summed E-state index contributed by atoms with van der Waals surface area (Å²) in [5, 5.41) is 20.2. The predicted octanol–water partition coefficient (Wildman–Crippen LogP) is 0.0763. The Bertz CT molecular complexity index is 323. The first-order chi connectivity index (χ1) is 7.75. The van der Waals surface area contributed by atoms with Gasteiger partial charge in [-0.05, 0) is 6.07 Å². The van der Waals surface area contributed by atoms with E-state index in [0.717, 1.165) is 0 Å². The van der Waals surface area contributed by atoms with Gasteiger partial charge in [-0.3, -0.25) is 0 Å². The minimum atomic E-state index is -0.998. The summed E-state index contributed by atoms with van der Waals surface area (Å²) in [6.45, 7) is 1.69. The number of carboxylic acid groups (broad SMARTS) is 1. The van der Waals surface area contributed by atoms with E-state index in [0.29, 0.717) is 32.1 Å². The molecule has 0 saturated heterocycles. The van der Waals surface area contributed by atoms with E-state index in [1.54, 1.807) is 0 Å². The highest BCUT2D eigenvalue weighted by Crippen LogP contribution is 2.09. The minimum absolute atomic E-state index is 0.00134. The molecule has 0 fully saturated rings. The summed E-state index contributed by atoms with van der Waals surface area (Å²) in [6, 6.07) is 1.42. The smallest absolute Gasteiger partial charge is 0.339 e. The van der Waals surface area contributed by atoms with Gasteiger partial charge in [-0.25, -0.2) is 4.79 Å². The molecule has 1 aromatic heterocycles. The topological polar surface area (TPSA) is 91.9 Å². The van der Waals surface area contributed by atoms with Crippen LogP contribution in [0.3, 0.4) is 0 Å². The molecule has 3 N–H and O–H groups in total. The Morgan fingerprint density at radius 1 is 1.50 bits per heavy atom. The fourth-order valence-corrected chi connectivity index (χ4v) is 1.18. The van der Waals surface area contributed by atoms with E-state index in [1.165, 1.54) is 12.3 Å². The van der Waals surface area contributed by atoms with Crippen molar-refractivity contribution >= 4 is 5.97 Å². The van der Waals surface area contributed by atoms with Gasteiger partial charge >= 0.3 is 5.97 Å². The molecule has 1 rings (SSSR count). The van der Waals surface area contributed by atoms with Crippen LogP contribution < -0.4 is 5.32 Å². The predicted molar refractivity (Wildman–Crippen MR) is 55.3 cm³/mol. The molecule has 0 amide bonds. The number of carbonyl (C=O) groups is 1.